The van der Waals surface area contributed by atoms with Gasteiger partial charge >= 0.3 is 0 Å². The summed E-state index contributed by atoms with van der Waals surface area (Å²) in [7, 11) is 0. The van der Waals surface area contributed by atoms with Crippen molar-refractivity contribution in [1.82, 2.24) is 0 Å². The fourth-order valence-corrected chi connectivity index (χ4v) is 7.87. The first-order chi connectivity index (χ1) is 12.2. The van der Waals surface area contributed by atoms with E-state index in [1.807, 2.05) is 11.8 Å². The average molecular weight is 366 g/mol. The maximum absolute atomic E-state index is 6.32. The van der Waals surface area contributed by atoms with Crippen molar-refractivity contribution in [3.63, 3.8) is 0 Å². The zero-order valence-electron chi connectivity index (χ0n) is 14.2. The van der Waals surface area contributed by atoms with E-state index in [0.29, 0.717) is 11.3 Å². The summed E-state index contributed by atoms with van der Waals surface area (Å²) in [5.41, 5.74) is 8.28. The molecule has 4 fully saturated rings. The normalized spacial score (nSPS) is 37.7. The van der Waals surface area contributed by atoms with Gasteiger partial charge in [0.1, 0.15) is 0 Å². The smallest absolute Gasteiger partial charge is 0.0793 e. The molecule has 0 spiro atoms. The minimum absolute atomic E-state index is 0.123. The molecule has 4 saturated carbocycles. The molecule has 5 atom stereocenters. The molecule has 25 heavy (non-hydrogen) atoms. The van der Waals surface area contributed by atoms with Gasteiger partial charge in [-0.2, -0.15) is 0 Å². The van der Waals surface area contributed by atoms with Crippen LogP contribution in [0.3, 0.4) is 0 Å². The molecule has 0 radical (unpaired) electrons. The number of benzene rings is 2. The number of hydrogen-bond donors (Lipinski definition) is 1. The molecule has 2 aromatic carbocycles. The van der Waals surface area contributed by atoms with E-state index < -0.39 is 0 Å². The van der Waals surface area contributed by atoms with Gasteiger partial charge in [0, 0.05) is 16.1 Å². The highest BCUT2D eigenvalue weighted by atomic mass is 32.2. The molecule has 4 aliphatic rings. The molecule has 0 amide bonds. The topological polar surface area (TPSA) is 26.0 Å². The van der Waals surface area contributed by atoms with E-state index in [-0.39, 0.29) is 5.41 Å². The Balaban J connectivity index is 1.47. The molecule has 2 N–H and O–H groups in total. The van der Waals surface area contributed by atoms with Gasteiger partial charge in [0.15, 0.2) is 0 Å². The maximum atomic E-state index is 6.32. The lowest BCUT2D eigenvalue weighted by atomic mass is 9.72. The van der Waals surface area contributed by atoms with Crippen LogP contribution in [0.5, 0.6) is 0 Å². The summed E-state index contributed by atoms with van der Waals surface area (Å²) in [5.74, 6) is 3.34. The molecule has 128 valence electrons. The molecule has 0 heterocycles. The van der Waals surface area contributed by atoms with Gasteiger partial charge in [0.05, 0.1) is 4.99 Å². The third-order valence-corrected chi connectivity index (χ3v) is 8.84. The van der Waals surface area contributed by atoms with Crippen molar-refractivity contribution in [3.05, 3.63) is 66.2 Å². The van der Waals surface area contributed by atoms with Crippen molar-refractivity contribution in [1.29, 1.82) is 0 Å². The van der Waals surface area contributed by atoms with Crippen LogP contribution in [-0.2, 0) is 5.41 Å². The molecule has 5 unspecified atom stereocenters. The minimum atomic E-state index is 0.123. The molecule has 4 bridgehead atoms. The van der Waals surface area contributed by atoms with E-state index in [1.54, 1.807) is 0 Å². The number of nitrogens with two attached hydrogens (primary N) is 1. The molecular weight excluding hydrogens is 342 g/mol. The van der Waals surface area contributed by atoms with Crippen LogP contribution in [0.4, 0.5) is 0 Å². The van der Waals surface area contributed by atoms with Crippen molar-refractivity contribution in [2.75, 3.05) is 5.75 Å². The van der Waals surface area contributed by atoms with Crippen molar-refractivity contribution in [2.24, 2.45) is 28.9 Å². The predicted molar refractivity (Wildman–Crippen MR) is 109 cm³/mol. The summed E-state index contributed by atoms with van der Waals surface area (Å²) in [6.45, 7) is 0. The summed E-state index contributed by atoms with van der Waals surface area (Å²) < 4.78 is 0. The summed E-state index contributed by atoms with van der Waals surface area (Å²) in [6.07, 6.45) is 3.67. The van der Waals surface area contributed by atoms with Gasteiger partial charge in [-0.05, 0) is 60.1 Å². The first kappa shape index (κ1) is 15.9. The van der Waals surface area contributed by atoms with Crippen LogP contribution in [0.1, 0.15) is 24.8 Å². The van der Waals surface area contributed by atoms with Gasteiger partial charge in [0.2, 0.25) is 0 Å². The Morgan fingerprint density at radius 3 is 2.32 bits per heavy atom. The second-order valence-electron chi connectivity index (χ2n) is 8.13. The highest BCUT2D eigenvalue weighted by Crippen LogP contribution is 2.78. The fourth-order valence-electron chi connectivity index (χ4n) is 6.37. The van der Waals surface area contributed by atoms with Crippen LogP contribution in [0.15, 0.2) is 65.6 Å². The van der Waals surface area contributed by atoms with E-state index in [2.05, 4.69) is 60.7 Å². The van der Waals surface area contributed by atoms with Crippen molar-refractivity contribution < 1.29 is 0 Å². The molecule has 1 nitrogen and oxygen atoms in total. The monoisotopic (exact) mass is 365 g/mol. The van der Waals surface area contributed by atoms with E-state index in [1.165, 1.54) is 35.5 Å². The van der Waals surface area contributed by atoms with Crippen LogP contribution >= 0.6 is 24.0 Å². The number of rotatable bonds is 5. The average Bonchev–Trinajstić information content (AvgIpc) is 3.34. The van der Waals surface area contributed by atoms with Gasteiger partial charge in [-0.15, -0.1) is 11.8 Å². The van der Waals surface area contributed by atoms with E-state index in [9.17, 15) is 0 Å². The zero-order chi connectivity index (χ0) is 17.1. The van der Waals surface area contributed by atoms with Gasteiger partial charge in [-0.1, -0.05) is 60.7 Å². The Labute approximate surface area is 159 Å². The lowest BCUT2D eigenvalue weighted by Crippen LogP contribution is -2.38. The molecule has 0 aromatic heterocycles. The van der Waals surface area contributed by atoms with Gasteiger partial charge in [-0.25, -0.2) is 0 Å². The fraction of sp³-hybridized carbons (Fsp3) is 0.409. The van der Waals surface area contributed by atoms with Crippen molar-refractivity contribution in [3.8, 4) is 0 Å². The van der Waals surface area contributed by atoms with Crippen molar-refractivity contribution >= 4 is 29.0 Å². The second-order valence-corrected chi connectivity index (χ2v) is 9.66. The standard InChI is InChI=1S/C22H23NS2/c23-20(24)22-12-18-17(13-25-16-9-5-2-6-10-16)19(22)11-21(18,14-22)15-7-3-1-4-8-15/h1-10,17-19H,11-14H2,(H2,23,24). The van der Waals surface area contributed by atoms with Crippen LogP contribution in [0.25, 0.3) is 0 Å². The summed E-state index contributed by atoms with van der Waals surface area (Å²) >= 11 is 7.61. The van der Waals surface area contributed by atoms with Crippen molar-refractivity contribution in [2.45, 2.75) is 29.6 Å². The largest absolute Gasteiger partial charge is 0.393 e. The van der Waals surface area contributed by atoms with E-state index >= 15 is 0 Å². The molecular formula is C22H23NS2. The van der Waals surface area contributed by atoms with Gasteiger partial charge in [-0.3, -0.25) is 0 Å². The van der Waals surface area contributed by atoms with Crippen LogP contribution in [-0.4, -0.2) is 10.7 Å². The molecule has 0 saturated heterocycles. The van der Waals surface area contributed by atoms with E-state index in [0.717, 1.165) is 16.8 Å². The third kappa shape index (κ3) is 2.12. The van der Waals surface area contributed by atoms with Gasteiger partial charge in [0.25, 0.3) is 0 Å². The Hall–Kier alpha value is -1.32. The quantitative estimate of drug-likeness (QED) is 0.593. The van der Waals surface area contributed by atoms with Crippen LogP contribution in [0, 0.1) is 23.2 Å². The van der Waals surface area contributed by atoms with Crippen LogP contribution in [0.2, 0.25) is 0 Å². The highest BCUT2D eigenvalue weighted by Gasteiger charge is 2.75. The third-order valence-electron chi connectivity index (χ3n) is 7.28. The summed E-state index contributed by atoms with van der Waals surface area (Å²) in [5, 5.41) is 0. The summed E-state index contributed by atoms with van der Waals surface area (Å²) in [4.78, 5) is 2.16. The predicted octanol–water partition coefficient (Wildman–Crippen LogP) is 5.05. The lowest BCUT2D eigenvalue weighted by molar-refractivity contribution is 0.286. The Morgan fingerprint density at radius 2 is 1.68 bits per heavy atom. The molecule has 2 aromatic rings. The minimum Gasteiger partial charge on any atom is -0.393 e. The second kappa shape index (κ2) is 5.59. The maximum Gasteiger partial charge on any atom is 0.0793 e. The molecule has 3 heteroatoms. The first-order valence-corrected chi connectivity index (χ1v) is 10.6. The Kier molecular flexibility index (Phi) is 3.55. The first-order valence-electron chi connectivity index (χ1n) is 9.19. The molecule has 0 aliphatic heterocycles. The number of thioether (sulfide) groups is 1. The molecule has 6 rings (SSSR count). The molecule has 4 aliphatic carbocycles. The lowest BCUT2D eigenvalue weighted by Gasteiger charge is -2.34. The van der Waals surface area contributed by atoms with Gasteiger partial charge < -0.3 is 5.73 Å². The Bertz CT molecular complexity index is 805. The number of hydrogen-bond acceptors (Lipinski definition) is 2. The number of thiocarbonyl (C=S) groups is 1. The van der Waals surface area contributed by atoms with Crippen LogP contribution < -0.4 is 5.73 Å². The summed E-state index contributed by atoms with van der Waals surface area (Å²) in [6, 6.07) is 22.0. The zero-order valence-corrected chi connectivity index (χ0v) is 15.9. The highest BCUT2D eigenvalue weighted by molar-refractivity contribution is 7.99. The van der Waals surface area contributed by atoms with E-state index in [4.69, 9.17) is 18.0 Å². The SMILES string of the molecule is NC(=S)C12CC3C(CSc4ccccc4)C1CC3(c1ccccc1)C2. The Morgan fingerprint density at radius 1 is 1.00 bits per heavy atom.